The zero-order valence-corrected chi connectivity index (χ0v) is 18.4. The van der Waals surface area contributed by atoms with E-state index in [-0.39, 0.29) is 28.7 Å². The van der Waals surface area contributed by atoms with E-state index in [0.29, 0.717) is 39.1 Å². The molecule has 0 radical (unpaired) electrons. The number of aromatic carboxylic acids is 1. The number of carbonyl (C=O) groups excluding carboxylic acids is 1. The monoisotopic (exact) mass is 412 g/mol. The normalized spacial score (nSPS) is 11.3. The lowest BCUT2D eigenvalue weighted by Crippen LogP contribution is -2.12. The number of rotatable bonds is 6. The van der Waals surface area contributed by atoms with Crippen molar-refractivity contribution in [2.75, 3.05) is 0 Å². The predicted octanol–water partition coefficient (Wildman–Crippen LogP) is 5.02. The van der Waals surface area contributed by atoms with Crippen molar-refractivity contribution in [2.24, 2.45) is 0 Å². The lowest BCUT2D eigenvalue weighted by molar-refractivity contribution is 0.0694. The first-order chi connectivity index (χ1) is 13.9. The molecule has 0 aliphatic rings. The van der Waals surface area contributed by atoms with Crippen LogP contribution in [-0.4, -0.2) is 33.2 Å². The van der Waals surface area contributed by atoms with Crippen molar-refractivity contribution in [3.05, 3.63) is 56.6 Å². The summed E-state index contributed by atoms with van der Waals surface area (Å²) in [4.78, 5) is 24.5. The molecule has 6 nitrogen and oxygen atoms in total. The van der Waals surface area contributed by atoms with E-state index >= 15 is 0 Å². The first kappa shape index (κ1) is 23.0. The smallest absolute Gasteiger partial charge is 0.336 e. The third-order valence-electron chi connectivity index (χ3n) is 5.21. The maximum absolute atomic E-state index is 12.9. The van der Waals surface area contributed by atoms with Crippen molar-refractivity contribution >= 4 is 17.8 Å². The van der Waals surface area contributed by atoms with Crippen molar-refractivity contribution < 1.29 is 29.6 Å². The minimum atomic E-state index is -1.05. The fraction of sp³-hybridized carbons (Fsp3) is 0.333. The van der Waals surface area contributed by atoms with Crippen LogP contribution in [0.1, 0.15) is 67.9 Å². The Morgan fingerprint density at radius 3 is 2.00 bits per heavy atom. The van der Waals surface area contributed by atoms with Gasteiger partial charge in [0.05, 0.1) is 17.2 Å². The van der Waals surface area contributed by atoms with Crippen LogP contribution in [-0.2, 0) is 0 Å². The molecule has 3 N–H and O–H groups in total. The molecule has 0 bridgehead atoms. The third kappa shape index (κ3) is 4.17. The molecule has 0 aliphatic carbocycles. The molecule has 0 aromatic heterocycles. The molecule has 160 valence electrons. The number of allylic oxidation sites excluding steroid dienone is 1. The maximum atomic E-state index is 12.9. The number of ether oxygens (including phenoxy) is 1. The van der Waals surface area contributed by atoms with Crippen molar-refractivity contribution in [2.45, 2.75) is 54.6 Å². The van der Waals surface area contributed by atoms with Crippen LogP contribution in [0.25, 0.3) is 6.08 Å². The second-order valence-corrected chi connectivity index (χ2v) is 7.73. The number of hydrogen-bond donors (Lipinski definition) is 3. The molecule has 0 atom stereocenters. The van der Waals surface area contributed by atoms with Crippen LogP contribution in [0.5, 0.6) is 17.2 Å². The summed E-state index contributed by atoms with van der Waals surface area (Å²) in [5, 5.41) is 30.2. The van der Waals surface area contributed by atoms with Gasteiger partial charge < -0.3 is 20.1 Å². The predicted molar refractivity (Wildman–Crippen MR) is 116 cm³/mol. The minimum Gasteiger partial charge on any atom is -0.507 e. The highest BCUT2D eigenvalue weighted by atomic mass is 16.5. The fourth-order valence-corrected chi connectivity index (χ4v) is 3.51. The van der Waals surface area contributed by atoms with Gasteiger partial charge in [0, 0.05) is 16.7 Å². The van der Waals surface area contributed by atoms with E-state index in [4.69, 9.17) is 4.74 Å². The zero-order chi connectivity index (χ0) is 22.9. The zero-order valence-electron chi connectivity index (χ0n) is 18.4. The van der Waals surface area contributed by atoms with E-state index < -0.39 is 11.8 Å². The van der Waals surface area contributed by atoms with Gasteiger partial charge in [-0.15, -0.1) is 0 Å². The molecular weight excluding hydrogens is 384 g/mol. The Bertz CT molecular complexity index is 1030. The molecule has 0 saturated carbocycles. The summed E-state index contributed by atoms with van der Waals surface area (Å²) in [6, 6.07) is 1.66. The molecule has 2 aromatic rings. The summed E-state index contributed by atoms with van der Waals surface area (Å²) >= 11 is 0. The summed E-state index contributed by atoms with van der Waals surface area (Å²) in [6.45, 7) is 11.9. The molecule has 2 rings (SSSR count). The third-order valence-corrected chi connectivity index (χ3v) is 5.21. The standard InChI is InChI=1S/C24H28O6/c1-11(2)30-23-16(7)19(24(28)29)12(3)10-17(23)8-9-18(25)20-15(6)21(26)13(4)14(5)22(20)27/h8-11,26-27H,1-7H3,(H,28,29). The molecular formula is C24H28O6. The molecule has 6 heteroatoms. The molecule has 0 unspecified atom stereocenters. The summed E-state index contributed by atoms with van der Waals surface area (Å²) in [5.74, 6) is -1.32. The van der Waals surface area contributed by atoms with Gasteiger partial charge in [-0.05, 0) is 83.4 Å². The second-order valence-electron chi connectivity index (χ2n) is 7.73. The molecule has 0 saturated heterocycles. The van der Waals surface area contributed by atoms with Gasteiger partial charge in [-0.25, -0.2) is 4.79 Å². The van der Waals surface area contributed by atoms with Crippen LogP contribution in [0.4, 0.5) is 0 Å². The maximum Gasteiger partial charge on any atom is 0.336 e. The van der Waals surface area contributed by atoms with Gasteiger partial charge in [-0.3, -0.25) is 4.79 Å². The van der Waals surface area contributed by atoms with Crippen molar-refractivity contribution in [1.82, 2.24) is 0 Å². The van der Waals surface area contributed by atoms with Crippen LogP contribution in [0.3, 0.4) is 0 Å². The average Bonchev–Trinajstić information content (AvgIpc) is 2.65. The minimum absolute atomic E-state index is 0.0246. The number of carbonyl (C=O) groups is 2. The van der Waals surface area contributed by atoms with Crippen LogP contribution < -0.4 is 4.74 Å². The molecule has 30 heavy (non-hydrogen) atoms. The number of aromatic hydroxyl groups is 2. The lowest BCUT2D eigenvalue weighted by atomic mass is 9.94. The Morgan fingerprint density at radius 1 is 0.900 bits per heavy atom. The molecule has 0 spiro atoms. The Kier molecular flexibility index (Phi) is 6.60. The van der Waals surface area contributed by atoms with Crippen LogP contribution in [0.15, 0.2) is 12.1 Å². The quantitative estimate of drug-likeness (QED) is 0.350. The van der Waals surface area contributed by atoms with Gasteiger partial charge in [0.2, 0.25) is 0 Å². The Balaban J connectivity index is 2.60. The van der Waals surface area contributed by atoms with Crippen molar-refractivity contribution in [1.29, 1.82) is 0 Å². The van der Waals surface area contributed by atoms with Gasteiger partial charge in [-0.1, -0.05) is 0 Å². The summed E-state index contributed by atoms with van der Waals surface area (Å²) in [6.07, 6.45) is 2.63. The van der Waals surface area contributed by atoms with E-state index in [1.165, 1.54) is 12.2 Å². The SMILES string of the molecule is Cc1cc(C=CC(=O)c2c(C)c(O)c(C)c(C)c2O)c(OC(C)C)c(C)c1C(=O)O. The highest BCUT2D eigenvalue weighted by Crippen LogP contribution is 2.37. The van der Waals surface area contributed by atoms with E-state index in [1.54, 1.807) is 40.7 Å². The molecule has 0 heterocycles. The highest BCUT2D eigenvalue weighted by Gasteiger charge is 2.22. The number of ketones is 1. The number of phenols is 2. The van der Waals surface area contributed by atoms with Gasteiger partial charge in [-0.2, -0.15) is 0 Å². The van der Waals surface area contributed by atoms with E-state index in [0.717, 1.165) is 0 Å². The molecule has 0 fully saturated rings. The van der Waals surface area contributed by atoms with Gasteiger partial charge in [0.15, 0.2) is 5.78 Å². The van der Waals surface area contributed by atoms with Crippen LogP contribution >= 0.6 is 0 Å². The van der Waals surface area contributed by atoms with Crippen molar-refractivity contribution in [3.8, 4) is 17.2 Å². The molecule has 2 aromatic carbocycles. The average molecular weight is 412 g/mol. The summed E-state index contributed by atoms with van der Waals surface area (Å²) < 4.78 is 5.85. The first-order valence-corrected chi connectivity index (χ1v) is 9.66. The van der Waals surface area contributed by atoms with E-state index in [9.17, 15) is 24.9 Å². The topological polar surface area (TPSA) is 104 Å². The Hall–Kier alpha value is -3.28. The first-order valence-electron chi connectivity index (χ1n) is 9.66. The molecule has 0 amide bonds. The Labute approximate surface area is 176 Å². The van der Waals surface area contributed by atoms with Crippen LogP contribution in [0, 0.1) is 34.6 Å². The second kappa shape index (κ2) is 8.61. The lowest BCUT2D eigenvalue weighted by Gasteiger charge is -2.18. The highest BCUT2D eigenvalue weighted by molar-refractivity contribution is 6.10. The number of carboxylic acid groups (broad SMARTS) is 1. The number of aryl methyl sites for hydroxylation is 1. The molecule has 0 aliphatic heterocycles. The van der Waals surface area contributed by atoms with E-state index in [1.807, 2.05) is 13.8 Å². The van der Waals surface area contributed by atoms with Crippen molar-refractivity contribution in [3.63, 3.8) is 0 Å². The Morgan fingerprint density at radius 2 is 1.47 bits per heavy atom. The number of phenolic OH excluding ortho intramolecular Hbond substituents is 2. The number of benzene rings is 2. The van der Waals surface area contributed by atoms with Crippen LogP contribution in [0.2, 0.25) is 0 Å². The van der Waals surface area contributed by atoms with Gasteiger partial charge in [0.1, 0.15) is 17.2 Å². The number of carboxylic acids is 1. The van der Waals surface area contributed by atoms with Gasteiger partial charge in [0.25, 0.3) is 0 Å². The summed E-state index contributed by atoms with van der Waals surface area (Å²) in [5.41, 5.74) is 3.05. The number of hydrogen-bond acceptors (Lipinski definition) is 5. The van der Waals surface area contributed by atoms with E-state index in [2.05, 4.69) is 0 Å². The van der Waals surface area contributed by atoms with Gasteiger partial charge >= 0.3 is 5.97 Å². The fourth-order valence-electron chi connectivity index (χ4n) is 3.51. The largest absolute Gasteiger partial charge is 0.507 e. The summed E-state index contributed by atoms with van der Waals surface area (Å²) in [7, 11) is 0.